The van der Waals surface area contributed by atoms with Crippen LogP contribution in [0.3, 0.4) is 0 Å². The molecule has 2 aromatic carbocycles. The van der Waals surface area contributed by atoms with Gasteiger partial charge in [-0.3, -0.25) is 10.2 Å². The van der Waals surface area contributed by atoms with Crippen LogP contribution in [-0.2, 0) is 14.8 Å². The zero-order valence-electron chi connectivity index (χ0n) is 13.0. The summed E-state index contributed by atoms with van der Waals surface area (Å²) in [4.78, 5) is 11.9. The largest absolute Gasteiger partial charge is 0.330 e. The third-order valence-corrected chi connectivity index (χ3v) is 4.81. The number of thiocarbonyl (C=S) groups is 1. The fourth-order valence-electron chi connectivity index (χ4n) is 2.32. The first kappa shape index (κ1) is 18.3. The molecule has 0 aliphatic carbocycles. The minimum Gasteiger partial charge on any atom is -0.330 e. The van der Waals surface area contributed by atoms with Gasteiger partial charge < -0.3 is 10.6 Å². The van der Waals surface area contributed by atoms with E-state index in [2.05, 4.69) is 21.2 Å². The standard InChI is InChI=1S/C15H12ClN5O3S2/c16-8-5-6-9-11(7-8)18-14(22)13(9)20-21-15(25)19-10-3-1-2-4-12(10)26(17,23)24/h1-7H,(H2,17,23,24)(H,18,20,22)(H2,19,21,25). The molecule has 3 rings (SSSR count). The van der Waals surface area contributed by atoms with Crippen LogP contribution in [0.5, 0.6) is 0 Å². The normalized spacial score (nSPS) is 14.7. The Balaban J connectivity index is 1.79. The molecule has 0 spiro atoms. The Morgan fingerprint density at radius 2 is 1.96 bits per heavy atom. The van der Waals surface area contributed by atoms with Gasteiger partial charge in [-0.15, -0.1) is 0 Å². The lowest BCUT2D eigenvalue weighted by molar-refractivity contribution is -0.110. The van der Waals surface area contributed by atoms with Crippen molar-refractivity contribution in [3.05, 3.63) is 53.1 Å². The van der Waals surface area contributed by atoms with Crippen LogP contribution in [0.1, 0.15) is 5.56 Å². The second-order valence-corrected chi connectivity index (χ2v) is 7.59. The average Bonchev–Trinajstić information content (AvgIpc) is 2.86. The number of carbonyl (C=O) groups excluding carboxylic acids is 1. The van der Waals surface area contributed by atoms with E-state index in [1.807, 2.05) is 0 Å². The monoisotopic (exact) mass is 409 g/mol. The molecular formula is C15H12ClN5O3S2. The molecule has 26 heavy (non-hydrogen) atoms. The number of nitrogens with two attached hydrogens (primary N) is 1. The smallest absolute Gasteiger partial charge is 0.276 e. The maximum absolute atomic E-state index is 12.0. The second kappa shape index (κ2) is 7.00. The number of hydrazone groups is 1. The average molecular weight is 410 g/mol. The Bertz CT molecular complexity index is 1050. The molecular weight excluding hydrogens is 398 g/mol. The molecule has 1 amide bonds. The molecule has 1 aliphatic rings. The molecule has 0 unspecified atom stereocenters. The Morgan fingerprint density at radius 1 is 1.23 bits per heavy atom. The number of nitrogens with one attached hydrogen (secondary N) is 3. The number of carbonyl (C=O) groups is 1. The predicted octanol–water partition coefficient (Wildman–Crippen LogP) is 1.63. The van der Waals surface area contributed by atoms with Gasteiger partial charge in [0.05, 0.1) is 11.4 Å². The van der Waals surface area contributed by atoms with E-state index in [4.69, 9.17) is 29.0 Å². The van der Waals surface area contributed by atoms with Crippen molar-refractivity contribution in [3.63, 3.8) is 0 Å². The molecule has 2 aromatic rings. The highest BCUT2D eigenvalue weighted by atomic mass is 35.5. The molecule has 0 fully saturated rings. The minimum absolute atomic E-state index is 0.0104. The van der Waals surface area contributed by atoms with E-state index in [0.717, 1.165) is 0 Å². The van der Waals surface area contributed by atoms with Gasteiger partial charge >= 0.3 is 0 Å². The van der Waals surface area contributed by atoms with Gasteiger partial charge in [-0.2, -0.15) is 5.10 Å². The Hall–Kier alpha value is -2.53. The van der Waals surface area contributed by atoms with Crippen molar-refractivity contribution in [1.82, 2.24) is 5.43 Å². The highest BCUT2D eigenvalue weighted by Gasteiger charge is 2.26. The first-order valence-corrected chi connectivity index (χ1v) is 9.47. The molecule has 1 aliphatic heterocycles. The Morgan fingerprint density at radius 3 is 2.69 bits per heavy atom. The van der Waals surface area contributed by atoms with Crippen LogP contribution in [-0.4, -0.2) is 25.1 Å². The molecule has 134 valence electrons. The SMILES string of the molecule is NS(=O)(=O)c1ccccc1NC(=S)NN=C1C(=O)Nc2cc(Cl)ccc21. The first-order chi connectivity index (χ1) is 12.3. The number of primary sulfonamides is 1. The van der Waals surface area contributed by atoms with Gasteiger partial charge in [0.1, 0.15) is 4.90 Å². The Labute approximate surface area is 159 Å². The van der Waals surface area contributed by atoms with Crippen molar-refractivity contribution in [3.8, 4) is 0 Å². The van der Waals surface area contributed by atoms with Crippen molar-refractivity contribution in [2.45, 2.75) is 4.90 Å². The number of rotatable bonds is 3. The summed E-state index contributed by atoms with van der Waals surface area (Å²) in [6.07, 6.45) is 0. The third kappa shape index (κ3) is 3.83. The third-order valence-electron chi connectivity index (χ3n) is 3.41. The predicted molar refractivity (Wildman–Crippen MR) is 104 cm³/mol. The van der Waals surface area contributed by atoms with Crippen molar-refractivity contribution < 1.29 is 13.2 Å². The Kier molecular flexibility index (Phi) is 4.92. The highest BCUT2D eigenvalue weighted by molar-refractivity contribution is 7.89. The number of amides is 1. The minimum atomic E-state index is -3.92. The molecule has 0 saturated carbocycles. The van der Waals surface area contributed by atoms with Crippen LogP contribution in [0.25, 0.3) is 0 Å². The number of hydrogen-bond acceptors (Lipinski definition) is 5. The lowest BCUT2D eigenvalue weighted by atomic mass is 10.1. The van der Waals surface area contributed by atoms with Gasteiger partial charge in [0, 0.05) is 10.6 Å². The second-order valence-electron chi connectivity index (χ2n) is 5.21. The van der Waals surface area contributed by atoms with Crippen LogP contribution in [0.4, 0.5) is 11.4 Å². The summed E-state index contributed by atoms with van der Waals surface area (Å²) >= 11 is 11.0. The van der Waals surface area contributed by atoms with Crippen molar-refractivity contribution in [2.24, 2.45) is 10.2 Å². The van der Waals surface area contributed by atoms with Crippen LogP contribution < -0.4 is 21.2 Å². The highest BCUT2D eigenvalue weighted by Crippen LogP contribution is 2.26. The number of fused-ring (bicyclic) bond motifs is 1. The number of hydrogen-bond donors (Lipinski definition) is 4. The molecule has 0 aromatic heterocycles. The van der Waals surface area contributed by atoms with Crippen LogP contribution in [0.2, 0.25) is 5.02 Å². The summed E-state index contributed by atoms with van der Waals surface area (Å²) in [5.74, 6) is -0.414. The van der Waals surface area contributed by atoms with Gasteiger partial charge in [-0.05, 0) is 42.5 Å². The topological polar surface area (TPSA) is 126 Å². The van der Waals surface area contributed by atoms with E-state index in [0.29, 0.717) is 16.3 Å². The number of para-hydroxylation sites is 1. The summed E-state index contributed by atoms with van der Waals surface area (Å²) in [7, 11) is -3.92. The number of sulfonamides is 1. The summed E-state index contributed by atoms with van der Waals surface area (Å²) in [5.41, 5.74) is 3.94. The molecule has 8 nitrogen and oxygen atoms in total. The summed E-state index contributed by atoms with van der Waals surface area (Å²) < 4.78 is 23.2. The van der Waals surface area contributed by atoms with Gasteiger partial charge in [0.2, 0.25) is 10.0 Å². The van der Waals surface area contributed by atoms with Crippen LogP contribution in [0.15, 0.2) is 52.5 Å². The van der Waals surface area contributed by atoms with Gasteiger partial charge in [0.25, 0.3) is 5.91 Å². The van der Waals surface area contributed by atoms with E-state index in [1.54, 1.807) is 24.3 Å². The molecule has 0 bridgehead atoms. The van der Waals surface area contributed by atoms with E-state index in [9.17, 15) is 13.2 Å². The summed E-state index contributed by atoms with van der Waals surface area (Å²) in [6, 6.07) is 10.9. The van der Waals surface area contributed by atoms with Gasteiger partial charge in [-0.25, -0.2) is 13.6 Å². The molecule has 0 radical (unpaired) electrons. The molecule has 11 heteroatoms. The molecule has 5 N–H and O–H groups in total. The van der Waals surface area contributed by atoms with Crippen molar-refractivity contribution in [2.75, 3.05) is 10.6 Å². The summed E-state index contributed by atoms with van der Waals surface area (Å²) in [6.45, 7) is 0. The molecule has 0 atom stereocenters. The lowest BCUT2D eigenvalue weighted by Gasteiger charge is -2.11. The lowest BCUT2D eigenvalue weighted by Crippen LogP contribution is -2.28. The maximum atomic E-state index is 12.0. The van der Waals surface area contributed by atoms with Crippen LogP contribution >= 0.6 is 23.8 Å². The van der Waals surface area contributed by atoms with Crippen molar-refractivity contribution in [1.29, 1.82) is 0 Å². The zero-order chi connectivity index (χ0) is 18.9. The number of anilines is 2. The van der Waals surface area contributed by atoms with E-state index in [1.165, 1.54) is 18.2 Å². The van der Waals surface area contributed by atoms with Crippen LogP contribution in [0, 0.1) is 0 Å². The van der Waals surface area contributed by atoms with Crippen molar-refractivity contribution >= 4 is 61.9 Å². The van der Waals surface area contributed by atoms with E-state index >= 15 is 0 Å². The number of nitrogens with zero attached hydrogens (tertiary/aromatic N) is 1. The number of halogens is 1. The molecule has 0 saturated heterocycles. The van der Waals surface area contributed by atoms with Gasteiger partial charge in [-0.1, -0.05) is 23.7 Å². The van der Waals surface area contributed by atoms with Gasteiger partial charge in [0.15, 0.2) is 10.8 Å². The fraction of sp³-hybridized carbons (Fsp3) is 0. The van der Waals surface area contributed by atoms with E-state index < -0.39 is 15.9 Å². The summed E-state index contributed by atoms with van der Waals surface area (Å²) in [5, 5.41) is 15.0. The zero-order valence-corrected chi connectivity index (χ0v) is 15.4. The quantitative estimate of drug-likeness (QED) is 0.451. The first-order valence-electron chi connectivity index (χ1n) is 7.13. The van der Waals surface area contributed by atoms with E-state index in [-0.39, 0.29) is 21.4 Å². The molecule has 1 heterocycles. The maximum Gasteiger partial charge on any atom is 0.276 e. The number of benzene rings is 2. The fourth-order valence-corrected chi connectivity index (χ4v) is 3.34.